The number of nitrogens with zero attached hydrogens (tertiary/aromatic N) is 1. The van der Waals surface area contributed by atoms with Gasteiger partial charge in [-0.05, 0) is 84.6 Å². The van der Waals surface area contributed by atoms with Crippen molar-refractivity contribution in [3.05, 3.63) is 76.0 Å². The first-order valence-corrected chi connectivity index (χ1v) is 20.7. The van der Waals surface area contributed by atoms with Crippen LogP contribution in [0.3, 0.4) is 0 Å². The summed E-state index contributed by atoms with van der Waals surface area (Å²) in [5.41, 5.74) is -2.10. The van der Waals surface area contributed by atoms with Crippen LogP contribution in [0.1, 0.15) is 78.6 Å². The molecule has 16 nitrogen and oxygen atoms in total. The van der Waals surface area contributed by atoms with E-state index in [4.69, 9.17) is 42.6 Å². The number of benzene rings is 2. The van der Waals surface area contributed by atoms with Crippen molar-refractivity contribution in [2.75, 3.05) is 13.1 Å². The molecule has 57 heavy (non-hydrogen) atoms. The van der Waals surface area contributed by atoms with E-state index in [1.54, 1.807) is 83.5 Å². The second-order valence-corrected chi connectivity index (χ2v) is 17.7. The van der Waals surface area contributed by atoms with Crippen LogP contribution in [0.25, 0.3) is 0 Å². The summed E-state index contributed by atoms with van der Waals surface area (Å²) in [7, 11) is -3.90. The lowest BCUT2D eigenvalue weighted by atomic mass is 10.0. The Kier molecular flexibility index (Phi) is 17.1. The van der Waals surface area contributed by atoms with E-state index in [1.165, 1.54) is 25.1 Å². The van der Waals surface area contributed by atoms with Crippen LogP contribution < -0.4 is 30.9 Å². The quantitative estimate of drug-likeness (QED) is 0.0659. The summed E-state index contributed by atoms with van der Waals surface area (Å²) >= 11 is 12.5. The van der Waals surface area contributed by atoms with Crippen molar-refractivity contribution < 1.29 is 42.5 Å². The van der Waals surface area contributed by atoms with Crippen molar-refractivity contribution in [1.29, 1.82) is 5.41 Å². The largest absolute Gasteiger partial charge is 0.462 e. The number of carbonyl (C=O) groups excluding carboxylic acids is 5. The van der Waals surface area contributed by atoms with Gasteiger partial charge in [-0.3, -0.25) is 24.6 Å². The Morgan fingerprint density at radius 2 is 1.53 bits per heavy atom. The number of rotatable bonds is 16. The molecule has 0 radical (unpaired) electrons. The van der Waals surface area contributed by atoms with E-state index < -0.39 is 78.5 Å². The van der Waals surface area contributed by atoms with Crippen LogP contribution in [-0.2, 0) is 28.4 Å². The topological polar surface area (TPSA) is 217 Å². The maximum absolute atomic E-state index is 14.4. The minimum Gasteiger partial charge on any atom is -0.462 e. The molecule has 2 aromatic rings. The third kappa shape index (κ3) is 14.5. The van der Waals surface area contributed by atoms with Crippen LogP contribution in [0.4, 0.5) is 4.79 Å². The molecule has 1 aliphatic rings. The zero-order chi connectivity index (χ0) is 42.7. The highest BCUT2D eigenvalue weighted by Crippen LogP contribution is 2.48. The maximum Gasteiger partial charge on any atom is 0.408 e. The Hall–Kier alpha value is -4.47. The first-order chi connectivity index (χ1) is 26.6. The fourth-order valence-corrected chi connectivity index (χ4v) is 8.01. The van der Waals surface area contributed by atoms with E-state index in [1.807, 2.05) is 0 Å². The summed E-state index contributed by atoms with van der Waals surface area (Å²) in [6.07, 6.45) is 0.272. The number of esters is 1. The number of piperidine rings is 1. The van der Waals surface area contributed by atoms with Gasteiger partial charge in [-0.2, -0.15) is 0 Å². The number of carbonyl (C=O) groups is 5. The summed E-state index contributed by atoms with van der Waals surface area (Å²) in [5.74, 6) is -3.20. The predicted molar refractivity (Wildman–Crippen MR) is 217 cm³/mol. The van der Waals surface area contributed by atoms with Crippen molar-refractivity contribution in [3.63, 3.8) is 0 Å². The van der Waals surface area contributed by atoms with Gasteiger partial charge in [-0.25, -0.2) is 19.1 Å². The molecule has 312 valence electrons. The molecule has 2 aromatic carbocycles. The van der Waals surface area contributed by atoms with E-state index >= 15 is 0 Å². The van der Waals surface area contributed by atoms with Crippen LogP contribution in [0.15, 0.2) is 60.4 Å². The second-order valence-electron chi connectivity index (χ2n) is 14.8. The number of hydrogen-bond acceptors (Lipinski definition) is 10. The van der Waals surface area contributed by atoms with Crippen molar-refractivity contribution in [2.45, 2.75) is 98.1 Å². The fraction of sp³-hybridized carbons (Fsp3) is 0.474. The van der Waals surface area contributed by atoms with E-state index in [-0.39, 0.29) is 47.6 Å². The minimum absolute atomic E-state index is 0.00166. The summed E-state index contributed by atoms with van der Waals surface area (Å²) in [5, 5.41) is 21.8. The Bertz CT molecular complexity index is 1840. The SMILES string of the molecule is CC(C)OC(=O)[C@H](C)NP(=O)(Oc1ccccc1)N1CCC(NC(=O)C(=N)/C(=C\NC(=O)[C@@H](NC(=O)OC(C)(C)C)C(C)C)NC(=O)c2c(Cl)cccc2Cl)CC1. The molecule has 1 unspecified atom stereocenters. The molecular weight excluding hydrogens is 800 g/mol. The molecule has 6 N–H and O–H groups in total. The monoisotopic (exact) mass is 851 g/mol. The molecule has 1 aliphatic heterocycles. The first kappa shape index (κ1) is 46.9. The highest BCUT2D eigenvalue weighted by atomic mass is 35.5. The Morgan fingerprint density at radius 1 is 0.930 bits per heavy atom. The van der Waals surface area contributed by atoms with Crippen LogP contribution >= 0.6 is 30.9 Å². The molecule has 3 atom stereocenters. The lowest BCUT2D eigenvalue weighted by molar-refractivity contribution is -0.149. The van der Waals surface area contributed by atoms with Gasteiger partial charge in [0.05, 0.1) is 27.4 Å². The number of alkyl carbamates (subject to hydrolysis) is 1. The van der Waals surface area contributed by atoms with Crippen molar-refractivity contribution in [3.8, 4) is 5.75 Å². The van der Waals surface area contributed by atoms with Gasteiger partial charge >= 0.3 is 19.7 Å². The van der Waals surface area contributed by atoms with E-state index in [0.29, 0.717) is 5.75 Å². The molecule has 1 fully saturated rings. The van der Waals surface area contributed by atoms with Crippen LogP contribution in [0.5, 0.6) is 5.75 Å². The molecule has 0 aliphatic carbocycles. The molecular formula is C38H52Cl2N7O9P. The maximum atomic E-state index is 14.4. The van der Waals surface area contributed by atoms with Crippen LogP contribution in [0.2, 0.25) is 10.0 Å². The van der Waals surface area contributed by atoms with Gasteiger partial charge in [0.1, 0.15) is 29.1 Å². The zero-order valence-corrected chi connectivity index (χ0v) is 35.6. The molecule has 0 spiro atoms. The van der Waals surface area contributed by atoms with Gasteiger partial charge in [0, 0.05) is 25.3 Å². The summed E-state index contributed by atoms with van der Waals surface area (Å²) < 4.78 is 32.5. The van der Waals surface area contributed by atoms with Gasteiger partial charge in [0.15, 0.2) is 0 Å². The van der Waals surface area contributed by atoms with Crippen molar-refractivity contribution in [2.24, 2.45) is 5.92 Å². The molecule has 19 heteroatoms. The molecule has 0 aromatic heterocycles. The number of ether oxygens (including phenoxy) is 2. The summed E-state index contributed by atoms with van der Waals surface area (Å²) in [6, 6.07) is 10.3. The zero-order valence-electron chi connectivity index (χ0n) is 33.2. The average Bonchev–Trinajstić information content (AvgIpc) is 3.11. The number of amides is 4. The Balaban J connectivity index is 1.80. The van der Waals surface area contributed by atoms with E-state index in [2.05, 4.69) is 26.4 Å². The number of nitrogens with one attached hydrogen (secondary N) is 6. The Labute approximate surface area is 343 Å². The Morgan fingerprint density at radius 3 is 2.07 bits per heavy atom. The average molecular weight is 853 g/mol. The minimum atomic E-state index is -3.90. The molecule has 0 saturated carbocycles. The van der Waals surface area contributed by atoms with Gasteiger partial charge < -0.3 is 35.3 Å². The second kappa shape index (κ2) is 20.8. The van der Waals surface area contributed by atoms with Crippen LogP contribution in [-0.4, -0.2) is 83.1 Å². The highest BCUT2D eigenvalue weighted by molar-refractivity contribution is 7.54. The highest BCUT2D eigenvalue weighted by Gasteiger charge is 2.40. The molecule has 3 rings (SSSR count). The molecule has 4 amide bonds. The van der Waals surface area contributed by atoms with Gasteiger partial charge in [-0.15, -0.1) is 0 Å². The predicted octanol–water partition coefficient (Wildman–Crippen LogP) is 5.95. The first-order valence-electron chi connectivity index (χ1n) is 18.3. The lowest BCUT2D eigenvalue weighted by Gasteiger charge is -2.37. The van der Waals surface area contributed by atoms with Gasteiger partial charge in [-0.1, -0.05) is 61.3 Å². The van der Waals surface area contributed by atoms with Crippen LogP contribution in [0, 0.1) is 11.3 Å². The molecule has 1 heterocycles. The van der Waals surface area contributed by atoms with E-state index in [9.17, 15) is 28.5 Å². The third-order valence-corrected chi connectivity index (χ3v) is 11.1. The van der Waals surface area contributed by atoms with Crippen molar-refractivity contribution in [1.82, 2.24) is 31.0 Å². The molecule has 0 bridgehead atoms. The lowest BCUT2D eigenvalue weighted by Crippen LogP contribution is -2.50. The normalized spacial score (nSPS) is 16.1. The smallest absolute Gasteiger partial charge is 0.408 e. The summed E-state index contributed by atoms with van der Waals surface area (Å²) in [6.45, 7) is 13.6. The standard InChI is InChI=1S/C38H52Cl2N7O9P/c1-22(2)32(45-37(52)55-38(6,7)8)35(50)42-21-29(44-33(48)30-27(39)15-12-16-28(30)40)31(41)34(49)43-25-17-19-47(20-18-25)57(53,56-26-13-10-9-11-14-26)46-24(5)36(51)54-23(3)4/h9-16,21-25,32,41H,17-20H2,1-8H3,(H,42,50)(H,43,49)(H,44,48)(H,45,52)(H,46,53)/b29-21+,41-31?/t24-,32-,57?/m0/s1. The third-order valence-electron chi connectivity index (χ3n) is 8.13. The molecule has 1 saturated heterocycles. The van der Waals surface area contributed by atoms with E-state index in [0.717, 1.165) is 6.20 Å². The number of halogens is 2. The van der Waals surface area contributed by atoms with Gasteiger partial charge in [0.25, 0.3) is 11.8 Å². The number of hydrogen-bond donors (Lipinski definition) is 6. The fourth-order valence-electron chi connectivity index (χ4n) is 5.35. The summed E-state index contributed by atoms with van der Waals surface area (Å²) in [4.78, 5) is 65.4. The van der Waals surface area contributed by atoms with Crippen molar-refractivity contribution >= 4 is 66.4 Å². The van der Waals surface area contributed by atoms with Gasteiger partial charge in [0.2, 0.25) is 5.91 Å². The number of para-hydroxylation sites is 1.